The second-order valence-electron chi connectivity index (χ2n) is 6.97. The van der Waals surface area contributed by atoms with Crippen molar-refractivity contribution in [3.63, 3.8) is 0 Å². The monoisotopic (exact) mass is 276 g/mol. The van der Waals surface area contributed by atoms with E-state index in [9.17, 15) is 8.42 Å². The molecule has 0 atom stereocenters. The first-order valence-corrected chi connectivity index (χ1v) is 8.41. The van der Waals surface area contributed by atoms with Gasteiger partial charge in [0.15, 0.2) is 9.84 Å². The van der Waals surface area contributed by atoms with Crippen molar-refractivity contribution in [3.05, 3.63) is 0 Å². The maximum Gasteiger partial charge on any atom is 0.153 e. The molecule has 0 aromatic rings. The lowest BCUT2D eigenvalue weighted by atomic mass is 9.94. The Bertz CT molecular complexity index is 362. The minimum atomic E-state index is -2.92. The van der Waals surface area contributed by atoms with E-state index in [2.05, 4.69) is 23.9 Å². The molecule has 18 heavy (non-hydrogen) atoms. The van der Waals surface area contributed by atoms with Crippen molar-refractivity contribution < 1.29 is 8.42 Å². The van der Waals surface area contributed by atoms with Gasteiger partial charge in [0.2, 0.25) is 0 Å². The second-order valence-corrected chi connectivity index (χ2v) is 9.03. The van der Waals surface area contributed by atoms with Crippen LogP contribution in [-0.2, 0) is 9.84 Å². The molecule has 0 spiro atoms. The van der Waals surface area contributed by atoms with Crippen LogP contribution in [0.4, 0.5) is 0 Å². The third-order valence-corrected chi connectivity index (χ3v) is 5.89. The SMILES string of the molecule is CN(C)CCCN1C(C)(C)CS(=O)(=O)CC1(C)C. The zero-order chi connectivity index (χ0) is 14.2. The molecule has 0 amide bonds. The van der Waals surface area contributed by atoms with Crippen molar-refractivity contribution in [2.45, 2.75) is 45.2 Å². The molecule has 0 aromatic heterocycles. The minimum Gasteiger partial charge on any atom is -0.309 e. The molecule has 1 fully saturated rings. The van der Waals surface area contributed by atoms with E-state index < -0.39 is 9.84 Å². The molecule has 1 aliphatic heterocycles. The average molecular weight is 276 g/mol. The van der Waals surface area contributed by atoms with Crippen LogP contribution in [-0.4, -0.2) is 68.0 Å². The number of sulfone groups is 1. The predicted molar refractivity (Wildman–Crippen MR) is 76.7 cm³/mol. The molecule has 1 heterocycles. The number of nitrogens with zero attached hydrogens (tertiary/aromatic N) is 2. The van der Waals surface area contributed by atoms with Gasteiger partial charge in [-0.2, -0.15) is 0 Å². The lowest BCUT2D eigenvalue weighted by Gasteiger charge is -2.52. The normalized spacial score (nSPS) is 26.4. The summed E-state index contributed by atoms with van der Waals surface area (Å²) < 4.78 is 23.9. The van der Waals surface area contributed by atoms with Crippen molar-refractivity contribution in [3.8, 4) is 0 Å². The molecule has 0 saturated carbocycles. The average Bonchev–Trinajstić information content (AvgIpc) is 2.04. The zero-order valence-corrected chi connectivity index (χ0v) is 13.5. The Labute approximate surface area is 112 Å². The number of hydrogen-bond acceptors (Lipinski definition) is 4. The maximum atomic E-state index is 12.0. The summed E-state index contributed by atoms with van der Waals surface area (Å²) in [4.78, 5) is 4.53. The van der Waals surface area contributed by atoms with Gasteiger partial charge in [-0.25, -0.2) is 8.42 Å². The molecular formula is C13H28N2O2S. The van der Waals surface area contributed by atoms with E-state index in [-0.39, 0.29) is 22.6 Å². The lowest BCUT2D eigenvalue weighted by molar-refractivity contribution is 0.0309. The summed E-state index contributed by atoms with van der Waals surface area (Å²) in [6.45, 7) is 10.2. The standard InChI is InChI=1S/C13H28N2O2S/c1-12(2)10-18(16,17)11-13(3,4)15(12)9-7-8-14(5)6/h7-11H2,1-6H3. The summed E-state index contributed by atoms with van der Waals surface area (Å²) in [6.07, 6.45) is 1.07. The van der Waals surface area contributed by atoms with Gasteiger partial charge >= 0.3 is 0 Å². The highest BCUT2D eigenvalue weighted by atomic mass is 32.2. The van der Waals surface area contributed by atoms with Gasteiger partial charge < -0.3 is 4.90 Å². The van der Waals surface area contributed by atoms with E-state index in [4.69, 9.17) is 0 Å². The maximum absolute atomic E-state index is 12.0. The fourth-order valence-electron chi connectivity index (χ4n) is 3.25. The predicted octanol–water partition coefficient (Wildman–Crippen LogP) is 1.23. The van der Waals surface area contributed by atoms with E-state index in [0.717, 1.165) is 19.5 Å². The van der Waals surface area contributed by atoms with Crippen molar-refractivity contribution >= 4 is 9.84 Å². The largest absolute Gasteiger partial charge is 0.309 e. The highest BCUT2D eigenvalue weighted by Crippen LogP contribution is 2.33. The van der Waals surface area contributed by atoms with E-state index in [1.54, 1.807) is 0 Å². The summed E-state index contributed by atoms with van der Waals surface area (Å²) in [5, 5.41) is 0. The molecule has 1 aliphatic rings. The third-order valence-electron chi connectivity index (χ3n) is 3.59. The minimum absolute atomic E-state index is 0.269. The van der Waals surface area contributed by atoms with Gasteiger partial charge in [-0.15, -0.1) is 0 Å². The zero-order valence-electron chi connectivity index (χ0n) is 12.7. The fraction of sp³-hybridized carbons (Fsp3) is 1.00. The smallest absolute Gasteiger partial charge is 0.153 e. The van der Waals surface area contributed by atoms with Crippen LogP contribution in [0.15, 0.2) is 0 Å². The molecule has 0 aliphatic carbocycles. The van der Waals surface area contributed by atoms with Gasteiger partial charge in [0, 0.05) is 17.6 Å². The first-order valence-electron chi connectivity index (χ1n) is 6.59. The summed E-state index contributed by atoms with van der Waals surface area (Å²) in [6, 6.07) is 0. The number of rotatable bonds is 4. The van der Waals surface area contributed by atoms with Crippen LogP contribution in [0.2, 0.25) is 0 Å². The van der Waals surface area contributed by atoms with E-state index >= 15 is 0 Å². The first-order chi connectivity index (χ1) is 7.96. The van der Waals surface area contributed by atoms with Gasteiger partial charge in [-0.05, 0) is 54.8 Å². The molecule has 1 saturated heterocycles. The Balaban J connectivity index is 2.81. The van der Waals surface area contributed by atoms with Crippen LogP contribution in [0.1, 0.15) is 34.1 Å². The van der Waals surface area contributed by atoms with Gasteiger partial charge in [0.25, 0.3) is 0 Å². The molecule has 108 valence electrons. The molecule has 1 rings (SSSR count). The topological polar surface area (TPSA) is 40.6 Å². The highest BCUT2D eigenvalue weighted by molar-refractivity contribution is 7.91. The first kappa shape index (κ1) is 15.9. The summed E-state index contributed by atoms with van der Waals surface area (Å²) >= 11 is 0. The quantitative estimate of drug-likeness (QED) is 0.774. The van der Waals surface area contributed by atoms with Gasteiger partial charge in [-0.1, -0.05) is 0 Å². The van der Waals surface area contributed by atoms with E-state index in [0.29, 0.717) is 0 Å². The molecule has 4 nitrogen and oxygen atoms in total. The summed E-state index contributed by atoms with van der Waals surface area (Å²) in [5.41, 5.74) is -0.542. The van der Waals surface area contributed by atoms with Crippen LogP contribution in [0.5, 0.6) is 0 Å². The van der Waals surface area contributed by atoms with Crippen molar-refractivity contribution in [2.75, 3.05) is 38.7 Å². The molecular weight excluding hydrogens is 248 g/mol. The Morgan fingerprint density at radius 2 is 1.50 bits per heavy atom. The van der Waals surface area contributed by atoms with E-state index in [1.807, 2.05) is 27.7 Å². The van der Waals surface area contributed by atoms with Crippen molar-refractivity contribution in [1.82, 2.24) is 9.80 Å². The highest BCUT2D eigenvalue weighted by Gasteiger charge is 2.47. The third kappa shape index (κ3) is 3.93. The van der Waals surface area contributed by atoms with Crippen LogP contribution in [0, 0.1) is 0 Å². The molecule has 5 heteroatoms. The van der Waals surface area contributed by atoms with E-state index in [1.165, 1.54) is 0 Å². The van der Waals surface area contributed by atoms with Gasteiger partial charge in [-0.3, -0.25) is 4.90 Å². The Morgan fingerprint density at radius 3 is 1.89 bits per heavy atom. The lowest BCUT2D eigenvalue weighted by Crippen LogP contribution is -2.65. The van der Waals surface area contributed by atoms with Crippen molar-refractivity contribution in [2.24, 2.45) is 0 Å². The fourth-order valence-corrected chi connectivity index (χ4v) is 5.82. The molecule has 0 radical (unpaired) electrons. The molecule has 0 unspecified atom stereocenters. The summed E-state index contributed by atoms with van der Waals surface area (Å²) in [7, 11) is 1.21. The number of hydrogen-bond donors (Lipinski definition) is 0. The van der Waals surface area contributed by atoms with Crippen LogP contribution >= 0.6 is 0 Å². The van der Waals surface area contributed by atoms with Gasteiger partial charge in [0.05, 0.1) is 11.5 Å². The van der Waals surface area contributed by atoms with Crippen LogP contribution < -0.4 is 0 Å². The van der Waals surface area contributed by atoms with Gasteiger partial charge in [0.1, 0.15) is 0 Å². The van der Waals surface area contributed by atoms with Crippen LogP contribution in [0.3, 0.4) is 0 Å². The summed E-state index contributed by atoms with van der Waals surface area (Å²) in [5.74, 6) is 0.538. The van der Waals surface area contributed by atoms with Crippen LogP contribution in [0.25, 0.3) is 0 Å². The Morgan fingerprint density at radius 1 is 1.06 bits per heavy atom. The molecule has 0 N–H and O–H groups in total. The Kier molecular flexibility index (Phi) is 4.51. The second kappa shape index (κ2) is 5.10. The Hall–Kier alpha value is -0.130. The molecule has 0 bridgehead atoms. The van der Waals surface area contributed by atoms with Crippen molar-refractivity contribution in [1.29, 1.82) is 0 Å². The molecule has 0 aromatic carbocycles.